The SMILES string of the molecule is O=C(O)c1cccc(-n2nc(-c3ccccc3Br)c3c2NCC3)c1. The van der Waals surface area contributed by atoms with Gasteiger partial charge < -0.3 is 10.4 Å². The summed E-state index contributed by atoms with van der Waals surface area (Å²) < 4.78 is 2.78. The Morgan fingerprint density at radius 3 is 2.83 bits per heavy atom. The van der Waals surface area contributed by atoms with Gasteiger partial charge in [0.2, 0.25) is 0 Å². The van der Waals surface area contributed by atoms with Crippen LogP contribution in [0.3, 0.4) is 0 Å². The van der Waals surface area contributed by atoms with Crippen LogP contribution in [0.4, 0.5) is 5.82 Å². The molecular weight excluding hydrogens is 370 g/mol. The molecule has 3 aromatic rings. The maximum Gasteiger partial charge on any atom is 0.335 e. The summed E-state index contributed by atoms with van der Waals surface area (Å²) >= 11 is 3.59. The number of carboxylic acids is 1. The maximum atomic E-state index is 11.2. The molecule has 0 unspecified atom stereocenters. The van der Waals surface area contributed by atoms with Crippen LogP contribution in [0.25, 0.3) is 16.9 Å². The Morgan fingerprint density at radius 2 is 2.04 bits per heavy atom. The molecule has 1 aliphatic heterocycles. The van der Waals surface area contributed by atoms with Crippen LogP contribution in [0.1, 0.15) is 15.9 Å². The molecule has 0 saturated carbocycles. The topological polar surface area (TPSA) is 67.1 Å². The molecule has 0 aliphatic carbocycles. The standard InChI is InChI=1S/C18H14BrN3O2/c19-15-7-2-1-6-13(15)16-14-8-9-20-17(14)22(21-16)12-5-3-4-11(10-12)18(23)24/h1-7,10,20H,8-9H2,(H,23,24). The number of nitrogens with one attached hydrogen (secondary N) is 1. The summed E-state index contributed by atoms with van der Waals surface area (Å²) in [4.78, 5) is 11.2. The molecule has 2 heterocycles. The molecule has 6 heteroatoms. The van der Waals surface area contributed by atoms with Crippen molar-refractivity contribution in [1.29, 1.82) is 0 Å². The summed E-state index contributed by atoms with van der Waals surface area (Å²) in [5.74, 6) is -0.0112. The molecular formula is C18H14BrN3O2. The van der Waals surface area contributed by atoms with E-state index in [1.54, 1.807) is 22.9 Å². The third kappa shape index (κ3) is 2.39. The second-order valence-corrected chi connectivity index (χ2v) is 6.45. The first-order valence-electron chi connectivity index (χ1n) is 7.59. The summed E-state index contributed by atoms with van der Waals surface area (Å²) in [6, 6.07) is 14.8. The van der Waals surface area contributed by atoms with Crippen molar-refractivity contribution in [3.63, 3.8) is 0 Å². The number of halogens is 1. The van der Waals surface area contributed by atoms with Gasteiger partial charge in [0.25, 0.3) is 0 Å². The second kappa shape index (κ2) is 5.79. The maximum absolute atomic E-state index is 11.2. The van der Waals surface area contributed by atoms with E-state index in [0.29, 0.717) is 0 Å². The van der Waals surface area contributed by atoms with E-state index in [2.05, 4.69) is 21.2 Å². The van der Waals surface area contributed by atoms with E-state index in [9.17, 15) is 9.90 Å². The first-order chi connectivity index (χ1) is 11.6. The van der Waals surface area contributed by atoms with Crippen molar-refractivity contribution >= 4 is 27.7 Å². The minimum Gasteiger partial charge on any atom is -0.478 e. The van der Waals surface area contributed by atoms with E-state index in [0.717, 1.165) is 45.8 Å². The highest BCUT2D eigenvalue weighted by atomic mass is 79.9. The second-order valence-electron chi connectivity index (χ2n) is 5.60. The Hall–Kier alpha value is -2.60. The number of nitrogens with zero attached hydrogens (tertiary/aromatic N) is 2. The lowest BCUT2D eigenvalue weighted by atomic mass is 10.1. The highest BCUT2D eigenvalue weighted by molar-refractivity contribution is 9.10. The molecule has 0 saturated heterocycles. The van der Waals surface area contributed by atoms with Gasteiger partial charge >= 0.3 is 5.97 Å². The van der Waals surface area contributed by atoms with Crippen molar-refractivity contribution in [2.24, 2.45) is 0 Å². The van der Waals surface area contributed by atoms with Crippen LogP contribution in [0.5, 0.6) is 0 Å². The molecule has 2 aromatic carbocycles. The Morgan fingerprint density at radius 1 is 1.21 bits per heavy atom. The number of rotatable bonds is 3. The molecule has 120 valence electrons. The van der Waals surface area contributed by atoms with Gasteiger partial charge in [-0.3, -0.25) is 0 Å². The monoisotopic (exact) mass is 383 g/mol. The van der Waals surface area contributed by atoms with Crippen molar-refractivity contribution in [1.82, 2.24) is 9.78 Å². The van der Waals surface area contributed by atoms with Crippen LogP contribution in [0, 0.1) is 0 Å². The number of hydrogen-bond acceptors (Lipinski definition) is 3. The van der Waals surface area contributed by atoms with Crippen LogP contribution >= 0.6 is 15.9 Å². The number of carbonyl (C=O) groups is 1. The van der Waals surface area contributed by atoms with Gasteiger partial charge in [0.05, 0.1) is 16.9 Å². The Balaban J connectivity index is 1.90. The van der Waals surface area contributed by atoms with Gasteiger partial charge in [0, 0.05) is 22.1 Å². The Bertz CT molecular complexity index is 949. The molecule has 0 fully saturated rings. The van der Waals surface area contributed by atoms with Gasteiger partial charge in [0.1, 0.15) is 5.82 Å². The molecule has 1 aromatic heterocycles. The summed E-state index contributed by atoms with van der Waals surface area (Å²) in [6.07, 6.45) is 0.893. The van der Waals surface area contributed by atoms with Crippen molar-refractivity contribution in [3.05, 3.63) is 64.1 Å². The van der Waals surface area contributed by atoms with Crippen molar-refractivity contribution in [3.8, 4) is 16.9 Å². The normalized spacial score (nSPS) is 12.7. The molecule has 0 amide bonds. The largest absolute Gasteiger partial charge is 0.478 e. The molecule has 0 atom stereocenters. The lowest BCUT2D eigenvalue weighted by Gasteiger charge is -2.07. The van der Waals surface area contributed by atoms with Crippen molar-refractivity contribution < 1.29 is 9.90 Å². The number of carboxylic acid groups (broad SMARTS) is 1. The van der Waals surface area contributed by atoms with E-state index < -0.39 is 5.97 Å². The lowest BCUT2D eigenvalue weighted by Crippen LogP contribution is -2.05. The van der Waals surface area contributed by atoms with Gasteiger partial charge in [0.15, 0.2) is 0 Å². The number of hydrogen-bond donors (Lipinski definition) is 2. The fourth-order valence-corrected chi connectivity index (χ4v) is 3.47. The van der Waals surface area contributed by atoms with E-state index in [1.807, 2.05) is 30.3 Å². The molecule has 0 spiro atoms. The average Bonchev–Trinajstić information content (AvgIpc) is 3.18. The predicted octanol–water partition coefficient (Wildman–Crippen LogP) is 3.97. The Kier molecular flexibility index (Phi) is 3.61. The summed E-state index contributed by atoms with van der Waals surface area (Å²) in [7, 11) is 0. The first kappa shape index (κ1) is 15.0. The zero-order chi connectivity index (χ0) is 16.7. The molecule has 24 heavy (non-hydrogen) atoms. The number of anilines is 1. The van der Waals surface area contributed by atoms with Gasteiger partial charge in [-0.1, -0.05) is 40.2 Å². The molecule has 2 N–H and O–H groups in total. The third-order valence-electron chi connectivity index (χ3n) is 4.12. The summed E-state index contributed by atoms with van der Waals surface area (Å²) in [6.45, 7) is 0.850. The zero-order valence-corrected chi connectivity index (χ0v) is 14.2. The minimum absolute atomic E-state index is 0.247. The predicted molar refractivity (Wildman–Crippen MR) is 95.9 cm³/mol. The Labute approximate surface area is 147 Å². The van der Waals surface area contributed by atoms with E-state index in [-0.39, 0.29) is 5.56 Å². The van der Waals surface area contributed by atoms with Crippen molar-refractivity contribution in [2.45, 2.75) is 6.42 Å². The highest BCUT2D eigenvalue weighted by Gasteiger charge is 2.25. The fourth-order valence-electron chi connectivity index (χ4n) is 3.00. The van der Waals surface area contributed by atoms with Crippen LogP contribution < -0.4 is 5.32 Å². The van der Waals surface area contributed by atoms with E-state index >= 15 is 0 Å². The van der Waals surface area contributed by atoms with Gasteiger partial charge in [-0.25, -0.2) is 9.48 Å². The van der Waals surface area contributed by atoms with Crippen LogP contribution in [0.2, 0.25) is 0 Å². The van der Waals surface area contributed by atoms with Gasteiger partial charge in [-0.2, -0.15) is 5.10 Å². The third-order valence-corrected chi connectivity index (χ3v) is 4.81. The first-order valence-corrected chi connectivity index (χ1v) is 8.39. The molecule has 0 radical (unpaired) electrons. The quantitative estimate of drug-likeness (QED) is 0.717. The highest BCUT2D eigenvalue weighted by Crippen LogP contribution is 2.37. The summed E-state index contributed by atoms with van der Waals surface area (Å²) in [5.41, 5.74) is 4.09. The molecule has 1 aliphatic rings. The number of aromatic carboxylic acids is 1. The number of aromatic nitrogens is 2. The van der Waals surface area contributed by atoms with Crippen LogP contribution in [-0.2, 0) is 6.42 Å². The van der Waals surface area contributed by atoms with Gasteiger partial charge in [-0.05, 0) is 30.7 Å². The van der Waals surface area contributed by atoms with E-state index in [1.165, 1.54) is 0 Å². The summed E-state index contributed by atoms with van der Waals surface area (Å²) in [5, 5.41) is 17.3. The molecule has 0 bridgehead atoms. The smallest absolute Gasteiger partial charge is 0.335 e. The van der Waals surface area contributed by atoms with E-state index in [4.69, 9.17) is 5.10 Å². The number of fused-ring (bicyclic) bond motifs is 1. The zero-order valence-electron chi connectivity index (χ0n) is 12.7. The fraction of sp³-hybridized carbons (Fsp3) is 0.111. The van der Waals surface area contributed by atoms with Crippen molar-refractivity contribution in [2.75, 3.05) is 11.9 Å². The molecule has 4 rings (SSSR count). The number of benzene rings is 2. The van der Waals surface area contributed by atoms with Gasteiger partial charge in [-0.15, -0.1) is 0 Å². The lowest BCUT2D eigenvalue weighted by molar-refractivity contribution is 0.0697. The average molecular weight is 384 g/mol. The van der Waals surface area contributed by atoms with Crippen LogP contribution in [0.15, 0.2) is 53.0 Å². The molecule has 5 nitrogen and oxygen atoms in total. The minimum atomic E-state index is -0.945. The van der Waals surface area contributed by atoms with Crippen LogP contribution in [-0.4, -0.2) is 27.4 Å².